The van der Waals surface area contributed by atoms with Crippen molar-refractivity contribution < 1.29 is 14.3 Å². The summed E-state index contributed by atoms with van der Waals surface area (Å²) in [6.45, 7) is 4.63. The van der Waals surface area contributed by atoms with Crippen molar-refractivity contribution in [2.75, 3.05) is 6.54 Å². The number of hydrogen-bond acceptors (Lipinski definition) is 5. The van der Waals surface area contributed by atoms with Crippen LogP contribution in [0, 0.1) is 0 Å². The molecule has 0 aliphatic carbocycles. The second-order valence-electron chi connectivity index (χ2n) is 5.28. The van der Waals surface area contributed by atoms with Crippen LogP contribution in [0.1, 0.15) is 36.3 Å². The van der Waals surface area contributed by atoms with Crippen molar-refractivity contribution in [2.24, 2.45) is 0 Å². The number of ether oxygens (including phenoxy) is 1. The topological polar surface area (TPSA) is 80.3 Å². The second kappa shape index (κ2) is 9.02. The molecule has 1 aromatic carbocycles. The molecule has 0 saturated heterocycles. The third-order valence-corrected chi connectivity index (χ3v) is 3.91. The molecule has 1 unspecified atom stereocenters. The van der Waals surface area contributed by atoms with Crippen LogP contribution in [-0.4, -0.2) is 29.4 Å². The van der Waals surface area contributed by atoms with E-state index >= 15 is 0 Å². The van der Waals surface area contributed by atoms with Crippen molar-refractivity contribution in [3.05, 3.63) is 46.4 Å². The molecule has 0 bridgehead atoms. The van der Waals surface area contributed by atoms with E-state index in [9.17, 15) is 9.59 Å². The summed E-state index contributed by atoms with van der Waals surface area (Å²) in [6.07, 6.45) is 0.856. The molecular formula is C17H21N3O3S. The summed E-state index contributed by atoms with van der Waals surface area (Å²) < 4.78 is 5.60. The van der Waals surface area contributed by atoms with Gasteiger partial charge in [-0.25, -0.2) is 4.98 Å². The number of amides is 2. The lowest BCUT2D eigenvalue weighted by atomic mass is 10.2. The molecule has 0 fully saturated rings. The Labute approximate surface area is 145 Å². The minimum Gasteiger partial charge on any atom is -0.487 e. The van der Waals surface area contributed by atoms with Gasteiger partial charge in [0.15, 0.2) is 0 Å². The molecule has 7 heteroatoms. The molecule has 128 valence electrons. The number of carbonyl (C=O) groups is 2. The fourth-order valence-corrected chi connectivity index (χ4v) is 2.46. The molecule has 0 saturated carbocycles. The van der Waals surface area contributed by atoms with Crippen molar-refractivity contribution in [1.29, 1.82) is 0 Å². The number of thiazole rings is 1. The van der Waals surface area contributed by atoms with Gasteiger partial charge in [-0.05, 0) is 37.6 Å². The van der Waals surface area contributed by atoms with Gasteiger partial charge in [-0.2, -0.15) is 0 Å². The van der Waals surface area contributed by atoms with Crippen molar-refractivity contribution in [3.63, 3.8) is 0 Å². The first-order valence-electron chi connectivity index (χ1n) is 7.78. The fourth-order valence-electron chi connectivity index (χ4n) is 1.92. The van der Waals surface area contributed by atoms with Gasteiger partial charge in [0, 0.05) is 17.5 Å². The summed E-state index contributed by atoms with van der Waals surface area (Å²) in [5.74, 6) is 0.182. The van der Waals surface area contributed by atoms with Gasteiger partial charge in [-0.15, -0.1) is 11.3 Å². The van der Waals surface area contributed by atoms with Crippen LogP contribution in [0.5, 0.6) is 5.75 Å². The van der Waals surface area contributed by atoms with Gasteiger partial charge in [0.2, 0.25) is 5.91 Å². The van der Waals surface area contributed by atoms with Crippen LogP contribution in [0.15, 0.2) is 35.2 Å². The van der Waals surface area contributed by atoms with Gasteiger partial charge in [-0.1, -0.05) is 6.92 Å². The van der Waals surface area contributed by atoms with Crippen LogP contribution >= 0.6 is 11.3 Å². The molecule has 24 heavy (non-hydrogen) atoms. The van der Waals surface area contributed by atoms with Crippen molar-refractivity contribution >= 4 is 23.2 Å². The highest BCUT2D eigenvalue weighted by Crippen LogP contribution is 2.14. The van der Waals surface area contributed by atoms with Crippen molar-refractivity contribution in [2.45, 2.75) is 32.9 Å². The highest BCUT2D eigenvalue weighted by atomic mass is 32.1. The maximum Gasteiger partial charge on any atom is 0.251 e. The quantitative estimate of drug-likeness (QED) is 0.768. The van der Waals surface area contributed by atoms with E-state index < -0.39 is 6.04 Å². The minimum atomic E-state index is -0.579. The van der Waals surface area contributed by atoms with Crippen LogP contribution in [0.25, 0.3) is 0 Å². The van der Waals surface area contributed by atoms with Crippen LogP contribution in [-0.2, 0) is 11.4 Å². The first-order chi connectivity index (χ1) is 11.6. The van der Waals surface area contributed by atoms with E-state index in [1.54, 1.807) is 36.7 Å². The van der Waals surface area contributed by atoms with E-state index in [2.05, 4.69) is 15.6 Å². The van der Waals surface area contributed by atoms with Crippen LogP contribution in [0.4, 0.5) is 0 Å². The Balaban J connectivity index is 1.85. The summed E-state index contributed by atoms with van der Waals surface area (Å²) in [5, 5.41) is 7.35. The Bertz CT molecular complexity index is 656. The van der Waals surface area contributed by atoms with E-state index in [-0.39, 0.29) is 11.8 Å². The summed E-state index contributed by atoms with van der Waals surface area (Å²) in [4.78, 5) is 28.1. The monoisotopic (exact) mass is 347 g/mol. The average molecular weight is 347 g/mol. The SMILES string of the molecule is CCCNC(=O)C(C)NC(=O)c1ccc(OCc2cscn2)cc1. The molecular weight excluding hydrogens is 326 g/mol. The molecule has 1 aromatic heterocycles. The molecule has 1 atom stereocenters. The lowest BCUT2D eigenvalue weighted by Crippen LogP contribution is -2.44. The Hall–Kier alpha value is -2.41. The van der Waals surface area contributed by atoms with Gasteiger partial charge in [-0.3, -0.25) is 9.59 Å². The number of hydrogen-bond donors (Lipinski definition) is 2. The van der Waals surface area contributed by atoms with Crippen LogP contribution in [0.3, 0.4) is 0 Å². The first-order valence-corrected chi connectivity index (χ1v) is 8.73. The Morgan fingerprint density at radius 3 is 2.67 bits per heavy atom. The van der Waals surface area contributed by atoms with E-state index in [1.165, 1.54) is 11.3 Å². The lowest BCUT2D eigenvalue weighted by Gasteiger charge is -2.14. The number of aromatic nitrogens is 1. The number of benzene rings is 1. The first kappa shape index (κ1) is 17.9. The Morgan fingerprint density at radius 2 is 2.04 bits per heavy atom. The summed E-state index contributed by atoms with van der Waals surface area (Å²) in [5.41, 5.74) is 3.10. The molecule has 2 aromatic rings. The summed E-state index contributed by atoms with van der Waals surface area (Å²) in [7, 11) is 0. The predicted molar refractivity (Wildman–Crippen MR) is 93.1 cm³/mol. The standard InChI is InChI=1S/C17H21N3O3S/c1-3-8-18-16(21)12(2)20-17(22)13-4-6-15(7-5-13)23-9-14-10-24-11-19-14/h4-7,10-12H,3,8-9H2,1-2H3,(H,18,21)(H,20,22). The van der Waals surface area contributed by atoms with Crippen molar-refractivity contribution in [1.82, 2.24) is 15.6 Å². The number of nitrogens with one attached hydrogen (secondary N) is 2. The number of nitrogens with zero attached hydrogens (tertiary/aromatic N) is 1. The predicted octanol–water partition coefficient (Wildman–Crippen LogP) is 2.37. The maximum absolute atomic E-state index is 12.1. The van der Waals surface area contributed by atoms with Gasteiger partial charge < -0.3 is 15.4 Å². The smallest absolute Gasteiger partial charge is 0.251 e. The maximum atomic E-state index is 12.1. The van der Waals surface area contributed by atoms with Crippen LogP contribution < -0.4 is 15.4 Å². The van der Waals surface area contributed by atoms with E-state index in [0.29, 0.717) is 24.5 Å². The molecule has 2 rings (SSSR count). The van der Waals surface area contributed by atoms with E-state index in [4.69, 9.17) is 4.74 Å². The normalized spacial score (nSPS) is 11.6. The molecule has 0 aliphatic heterocycles. The van der Waals surface area contributed by atoms with Crippen LogP contribution in [0.2, 0.25) is 0 Å². The zero-order chi connectivity index (χ0) is 17.4. The highest BCUT2D eigenvalue weighted by Gasteiger charge is 2.16. The zero-order valence-electron chi connectivity index (χ0n) is 13.7. The summed E-state index contributed by atoms with van der Waals surface area (Å²) >= 11 is 1.52. The largest absolute Gasteiger partial charge is 0.487 e. The number of carbonyl (C=O) groups excluding carboxylic acids is 2. The minimum absolute atomic E-state index is 0.187. The number of rotatable bonds is 8. The van der Waals surface area contributed by atoms with Crippen molar-refractivity contribution in [3.8, 4) is 5.75 Å². The Morgan fingerprint density at radius 1 is 1.29 bits per heavy atom. The zero-order valence-corrected chi connectivity index (χ0v) is 14.6. The molecule has 1 heterocycles. The highest BCUT2D eigenvalue weighted by molar-refractivity contribution is 7.07. The van der Waals surface area contributed by atoms with Gasteiger partial charge >= 0.3 is 0 Å². The van der Waals surface area contributed by atoms with Gasteiger partial charge in [0.05, 0.1) is 11.2 Å². The second-order valence-corrected chi connectivity index (χ2v) is 6.00. The molecule has 2 amide bonds. The third kappa shape index (κ3) is 5.34. The molecule has 0 radical (unpaired) electrons. The Kier molecular flexibility index (Phi) is 6.74. The van der Waals surface area contributed by atoms with Gasteiger partial charge in [0.1, 0.15) is 18.4 Å². The molecule has 2 N–H and O–H groups in total. The summed E-state index contributed by atoms with van der Waals surface area (Å²) in [6, 6.07) is 6.21. The van der Waals surface area contributed by atoms with Gasteiger partial charge in [0.25, 0.3) is 5.91 Å². The van der Waals surface area contributed by atoms with E-state index in [1.807, 2.05) is 12.3 Å². The fraction of sp³-hybridized carbons (Fsp3) is 0.353. The molecule has 0 aliphatic rings. The average Bonchev–Trinajstić information content (AvgIpc) is 3.11. The van der Waals surface area contributed by atoms with E-state index in [0.717, 1.165) is 12.1 Å². The third-order valence-electron chi connectivity index (χ3n) is 3.28. The lowest BCUT2D eigenvalue weighted by molar-refractivity contribution is -0.122. The molecule has 6 nitrogen and oxygen atoms in total. The molecule has 0 spiro atoms.